The number of nitrogens with zero attached hydrogens (tertiary/aromatic N) is 2. The lowest BCUT2D eigenvalue weighted by atomic mass is 9.70. The van der Waals surface area contributed by atoms with Crippen molar-refractivity contribution in [1.82, 2.24) is 4.90 Å². The van der Waals surface area contributed by atoms with E-state index in [1.165, 1.54) is 0 Å². The maximum absolute atomic E-state index is 14.3. The topological polar surface area (TPSA) is 117 Å². The van der Waals surface area contributed by atoms with Crippen LogP contribution in [-0.4, -0.2) is 82.3 Å². The maximum atomic E-state index is 14.3. The zero-order valence-corrected chi connectivity index (χ0v) is 21.9. The van der Waals surface area contributed by atoms with Crippen LogP contribution in [0.25, 0.3) is 0 Å². The number of carbonyl (C=O) groups is 3. The van der Waals surface area contributed by atoms with Crippen LogP contribution in [0.2, 0.25) is 0 Å². The number of methoxy groups -OCH3 is 1. The number of fused-ring (bicyclic) bond motifs is 1. The fourth-order valence-corrected chi connectivity index (χ4v) is 6.98. The lowest BCUT2D eigenvalue weighted by Gasteiger charge is -2.37. The van der Waals surface area contributed by atoms with Crippen LogP contribution in [0.1, 0.15) is 32.1 Å². The molecule has 2 bridgehead atoms. The van der Waals surface area contributed by atoms with E-state index < -0.39 is 35.6 Å². The van der Waals surface area contributed by atoms with Gasteiger partial charge < -0.3 is 29.5 Å². The Morgan fingerprint density at radius 1 is 1.28 bits per heavy atom. The fraction of sp³-hybridized carbons (Fsp3) is 0.577. The molecule has 3 fully saturated rings. The number of carbonyl (C=O) groups excluding carboxylic acids is 2. The number of carboxylic acid groups (broad SMARTS) is 1. The summed E-state index contributed by atoms with van der Waals surface area (Å²) in [6, 6.07) is 6.09. The zero-order valence-electron chi connectivity index (χ0n) is 20.3. The molecule has 0 aromatic heterocycles. The van der Waals surface area contributed by atoms with Crippen molar-refractivity contribution in [3.05, 3.63) is 36.9 Å². The third kappa shape index (κ3) is 4.43. The summed E-state index contributed by atoms with van der Waals surface area (Å²) < 4.78 is 11.6. The van der Waals surface area contributed by atoms with Crippen LogP contribution >= 0.6 is 15.9 Å². The van der Waals surface area contributed by atoms with Crippen molar-refractivity contribution in [3.8, 4) is 5.75 Å². The monoisotopic (exact) mass is 564 g/mol. The molecular formula is C26H33BrN2O7. The van der Waals surface area contributed by atoms with Crippen LogP contribution in [0, 0.1) is 11.8 Å². The molecule has 3 saturated heterocycles. The third-order valence-electron chi connectivity index (χ3n) is 7.58. The summed E-state index contributed by atoms with van der Waals surface area (Å²) in [7, 11) is 1.56. The molecule has 3 heterocycles. The normalized spacial score (nSPS) is 30.4. The standard InChI is InChI=1S/C26H33BrN2O7/c1-3-12-28(16-8-10-17(35-2)11-9-16)24(32)22-26-15-18(27)21(36-26)19(25(33)34)20(26)23(31)29(22)13-6-4-5-7-14-30/h3,8-11,18-22,30H,1,4-7,12-15H2,2H3,(H,33,34)/t18?,19-,20+,21-,22?,26?/m1/s1. The van der Waals surface area contributed by atoms with Crippen molar-refractivity contribution in [3.63, 3.8) is 0 Å². The third-order valence-corrected chi connectivity index (χ3v) is 8.42. The van der Waals surface area contributed by atoms with E-state index in [2.05, 4.69) is 22.5 Å². The summed E-state index contributed by atoms with van der Waals surface area (Å²) in [4.78, 5) is 43.1. The predicted octanol–water partition coefficient (Wildman–Crippen LogP) is 2.60. The highest BCUT2D eigenvalue weighted by Crippen LogP contribution is 2.60. The Hall–Kier alpha value is -2.43. The van der Waals surface area contributed by atoms with Crippen LogP contribution in [0.3, 0.4) is 0 Å². The molecule has 0 aliphatic carbocycles. The minimum Gasteiger partial charge on any atom is -0.497 e. The number of alkyl halides is 1. The van der Waals surface area contributed by atoms with E-state index in [-0.39, 0.29) is 29.8 Å². The van der Waals surface area contributed by atoms with E-state index in [9.17, 15) is 19.5 Å². The van der Waals surface area contributed by atoms with E-state index in [4.69, 9.17) is 14.6 Å². The SMILES string of the molecule is C=CCN(C(=O)C1N(CCCCCCO)C(=O)[C@@H]2[C@@H](C(=O)O)[C@@H]3OC12CC3Br)c1ccc(OC)cc1. The molecule has 2 amide bonds. The summed E-state index contributed by atoms with van der Waals surface area (Å²) in [5.74, 6) is -3.02. The minimum absolute atomic E-state index is 0.107. The van der Waals surface area contributed by atoms with Gasteiger partial charge in [0.15, 0.2) is 0 Å². The Balaban J connectivity index is 1.71. The van der Waals surface area contributed by atoms with Crippen molar-refractivity contribution in [2.75, 3.05) is 31.7 Å². The Bertz CT molecular complexity index is 1000. The Morgan fingerprint density at radius 2 is 1.97 bits per heavy atom. The molecule has 1 aromatic rings. The quantitative estimate of drug-likeness (QED) is 0.227. The highest BCUT2D eigenvalue weighted by atomic mass is 79.9. The largest absolute Gasteiger partial charge is 0.497 e. The van der Waals surface area contributed by atoms with E-state index in [0.717, 1.165) is 12.8 Å². The number of aliphatic hydroxyl groups is 1. The highest BCUT2D eigenvalue weighted by Gasteiger charge is 2.76. The highest BCUT2D eigenvalue weighted by molar-refractivity contribution is 9.09. The number of aliphatic carboxylic acids is 1. The molecule has 4 rings (SSSR count). The summed E-state index contributed by atoms with van der Waals surface area (Å²) in [5, 5.41) is 19.1. The molecule has 3 aliphatic rings. The number of anilines is 1. The van der Waals surface area contributed by atoms with Crippen LogP contribution in [0.4, 0.5) is 5.69 Å². The van der Waals surface area contributed by atoms with Crippen molar-refractivity contribution in [2.45, 2.75) is 54.7 Å². The van der Waals surface area contributed by atoms with E-state index in [1.807, 2.05) is 0 Å². The lowest BCUT2D eigenvalue weighted by Crippen LogP contribution is -2.57. The van der Waals surface area contributed by atoms with Crippen LogP contribution in [-0.2, 0) is 19.1 Å². The van der Waals surface area contributed by atoms with Gasteiger partial charge in [-0.3, -0.25) is 14.4 Å². The van der Waals surface area contributed by atoms with Gasteiger partial charge in [0.2, 0.25) is 5.91 Å². The number of benzene rings is 1. The average molecular weight is 565 g/mol. The van der Waals surface area contributed by atoms with Gasteiger partial charge in [-0.2, -0.15) is 0 Å². The zero-order chi connectivity index (χ0) is 26.0. The first-order valence-corrected chi connectivity index (χ1v) is 13.2. The second-order valence-corrected chi connectivity index (χ2v) is 10.8. The second kappa shape index (κ2) is 10.9. The Morgan fingerprint density at radius 3 is 2.58 bits per heavy atom. The molecule has 2 N–H and O–H groups in total. The number of ether oxygens (including phenoxy) is 2. The fourth-order valence-electron chi connectivity index (χ4n) is 6.04. The molecule has 1 aromatic carbocycles. The smallest absolute Gasteiger partial charge is 0.310 e. The van der Waals surface area contributed by atoms with E-state index in [0.29, 0.717) is 37.2 Å². The van der Waals surface area contributed by atoms with Crippen molar-refractivity contribution >= 4 is 39.4 Å². The number of carboxylic acids is 1. The summed E-state index contributed by atoms with van der Waals surface area (Å²) in [6.45, 7) is 4.44. The van der Waals surface area contributed by atoms with Crippen molar-refractivity contribution < 1.29 is 34.1 Å². The summed E-state index contributed by atoms with van der Waals surface area (Å²) >= 11 is 3.56. The van der Waals surface area contributed by atoms with Gasteiger partial charge in [0, 0.05) is 30.2 Å². The van der Waals surface area contributed by atoms with Crippen molar-refractivity contribution in [2.24, 2.45) is 11.8 Å². The average Bonchev–Trinajstić information content (AvgIpc) is 3.45. The van der Waals surface area contributed by atoms with Gasteiger partial charge >= 0.3 is 5.97 Å². The molecule has 6 atom stereocenters. The number of amides is 2. The van der Waals surface area contributed by atoms with Crippen LogP contribution < -0.4 is 9.64 Å². The number of halogens is 1. The van der Waals surface area contributed by atoms with Crippen LogP contribution in [0.5, 0.6) is 5.75 Å². The number of aliphatic hydroxyl groups excluding tert-OH is 1. The number of hydrogen-bond acceptors (Lipinski definition) is 6. The molecule has 36 heavy (non-hydrogen) atoms. The molecule has 10 heteroatoms. The van der Waals surface area contributed by atoms with Gasteiger partial charge in [-0.25, -0.2) is 0 Å². The predicted molar refractivity (Wildman–Crippen MR) is 136 cm³/mol. The van der Waals surface area contributed by atoms with Gasteiger partial charge in [0.05, 0.1) is 25.0 Å². The van der Waals surface area contributed by atoms with Crippen molar-refractivity contribution in [1.29, 1.82) is 0 Å². The van der Waals surface area contributed by atoms with Gasteiger partial charge in [-0.15, -0.1) is 6.58 Å². The van der Waals surface area contributed by atoms with Crippen LogP contribution in [0.15, 0.2) is 36.9 Å². The lowest BCUT2D eigenvalue weighted by molar-refractivity contribution is -0.149. The minimum atomic E-state index is -1.22. The Labute approximate surface area is 219 Å². The van der Waals surface area contributed by atoms with Gasteiger partial charge in [-0.05, 0) is 43.5 Å². The molecule has 196 valence electrons. The molecule has 0 radical (unpaired) electrons. The molecular weight excluding hydrogens is 532 g/mol. The van der Waals surface area contributed by atoms with Gasteiger partial charge in [0.1, 0.15) is 17.4 Å². The number of likely N-dealkylation sites (tertiary alicyclic amines) is 1. The van der Waals surface area contributed by atoms with Gasteiger partial charge in [-0.1, -0.05) is 34.8 Å². The molecule has 3 unspecified atom stereocenters. The number of hydrogen-bond donors (Lipinski definition) is 2. The first-order valence-electron chi connectivity index (χ1n) is 12.3. The molecule has 3 aliphatic heterocycles. The molecule has 1 spiro atoms. The van der Waals surface area contributed by atoms with Gasteiger partial charge in [0.25, 0.3) is 5.91 Å². The first-order chi connectivity index (χ1) is 17.3. The first kappa shape index (κ1) is 26.6. The van der Waals surface area contributed by atoms with E-state index >= 15 is 0 Å². The molecule has 0 saturated carbocycles. The number of rotatable bonds is 12. The summed E-state index contributed by atoms with van der Waals surface area (Å²) in [5.41, 5.74) is -0.596. The molecule has 9 nitrogen and oxygen atoms in total. The maximum Gasteiger partial charge on any atom is 0.310 e. The Kier molecular flexibility index (Phi) is 8.06. The number of unbranched alkanes of at least 4 members (excludes halogenated alkanes) is 3. The second-order valence-electron chi connectivity index (χ2n) is 9.61. The summed E-state index contributed by atoms with van der Waals surface area (Å²) in [6.07, 6.45) is 4.22. The van der Waals surface area contributed by atoms with E-state index in [1.54, 1.807) is 47.3 Å².